The number of pyridine rings is 1. The van der Waals surface area contributed by atoms with E-state index in [1.165, 1.54) is 0 Å². The molecular formula is C13H13NO2. The van der Waals surface area contributed by atoms with Crippen molar-refractivity contribution in [3.8, 4) is 22.8 Å². The van der Waals surface area contributed by atoms with Gasteiger partial charge in [0.2, 0.25) is 0 Å². The molecule has 16 heavy (non-hydrogen) atoms. The zero-order chi connectivity index (χ0) is 11.4. The maximum Gasteiger partial charge on any atom is 0.257 e. The van der Waals surface area contributed by atoms with E-state index >= 15 is 0 Å². The molecule has 0 atom stereocenters. The Morgan fingerprint density at radius 1 is 0.938 bits per heavy atom. The van der Waals surface area contributed by atoms with Gasteiger partial charge < -0.3 is 9.47 Å². The van der Waals surface area contributed by atoms with Crippen LogP contribution in [0, 0.1) is 0 Å². The highest BCUT2D eigenvalue weighted by atomic mass is 16.5. The summed E-state index contributed by atoms with van der Waals surface area (Å²) >= 11 is 0. The van der Waals surface area contributed by atoms with E-state index in [0.29, 0.717) is 11.6 Å². The minimum absolute atomic E-state index is 0.504. The Balaban J connectivity index is 2.57. The molecule has 0 bridgehead atoms. The van der Waals surface area contributed by atoms with Crippen LogP contribution in [0.4, 0.5) is 0 Å². The van der Waals surface area contributed by atoms with Crippen LogP contribution < -0.4 is 9.47 Å². The van der Waals surface area contributed by atoms with Crippen LogP contribution in [0.1, 0.15) is 0 Å². The molecule has 0 fully saturated rings. The average Bonchev–Trinajstić information content (AvgIpc) is 2.38. The number of aromatic nitrogens is 1. The Morgan fingerprint density at radius 3 is 2.31 bits per heavy atom. The second kappa shape index (κ2) is 4.66. The van der Waals surface area contributed by atoms with Gasteiger partial charge in [0.15, 0.2) is 5.75 Å². The molecule has 3 heteroatoms. The van der Waals surface area contributed by atoms with E-state index in [-0.39, 0.29) is 0 Å². The molecule has 1 aromatic carbocycles. The van der Waals surface area contributed by atoms with Gasteiger partial charge in [0.05, 0.1) is 14.2 Å². The monoisotopic (exact) mass is 215 g/mol. The first kappa shape index (κ1) is 10.5. The topological polar surface area (TPSA) is 31.4 Å². The smallest absolute Gasteiger partial charge is 0.257 e. The largest absolute Gasteiger partial charge is 0.491 e. The molecule has 0 amide bonds. The van der Waals surface area contributed by atoms with E-state index in [2.05, 4.69) is 4.98 Å². The molecular weight excluding hydrogens is 202 g/mol. The molecule has 1 heterocycles. The number of rotatable bonds is 3. The summed E-state index contributed by atoms with van der Waals surface area (Å²) in [6, 6.07) is 11.9. The molecule has 0 N–H and O–H groups in total. The zero-order valence-corrected chi connectivity index (χ0v) is 9.31. The van der Waals surface area contributed by atoms with Gasteiger partial charge in [0, 0.05) is 11.8 Å². The van der Waals surface area contributed by atoms with Gasteiger partial charge in [-0.2, -0.15) is 0 Å². The third kappa shape index (κ3) is 1.84. The van der Waals surface area contributed by atoms with Crippen LogP contribution in [0.3, 0.4) is 0 Å². The van der Waals surface area contributed by atoms with Gasteiger partial charge in [-0.3, -0.25) is 0 Å². The predicted octanol–water partition coefficient (Wildman–Crippen LogP) is 2.77. The average molecular weight is 215 g/mol. The fourth-order valence-electron chi connectivity index (χ4n) is 1.62. The molecule has 0 unspecified atom stereocenters. The summed E-state index contributed by atoms with van der Waals surface area (Å²) < 4.78 is 10.5. The highest BCUT2D eigenvalue weighted by Crippen LogP contribution is 2.35. The highest BCUT2D eigenvalue weighted by Gasteiger charge is 2.11. The number of ether oxygens (including phenoxy) is 2. The lowest BCUT2D eigenvalue weighted by Crippen LogP contribution is -1.95. The summed E-state index contributed by atoms with van der Waals surface area (Å²) in [6.45, 7) is 0. The van der Waals surface area contributed by atoms with Gasteiger partial charge in [-0.05, 0) is 11.6 Å². The Kier molecular flexibility index (Phi) is 3.05. The van der Waals surface area contributed by atoms with Crippen LogP contribution in [0.2, 0.25) is 0 Å². The number of methoxy groups -OCH3 is 2. The lowest BCUT2D eigenvalue weighted by molar-refractivity contribution is 0.344. The van der Waals surface area contributed by atoms with Crippen LogP contribution in [-0.2, 0) is 0 Å². The van der Waals surface area contributed by atoms with E-state index in [4.69, 9.17) is 9.47 Å². The summed E-state index contributed by atoms with van der Waals surface area (Å²) in [5.74, 6) is 1.17. The summed E-state index contributed by atoms with van der Waals surface area (Å²) in [6.07, 6.45) is 1.71. The second-order valence-electron chi connectivity index (χ2n) is 3.27. The van der Waals surface area contributed by atoms with E-state index in [1.54, 1.807) is 20.4 Å². The molecule has 3 nitrogen and oxygen atoms in total. The lowest BCUT2D eigenvalue weighted by atomic mass is 10.1. The molecule has 0 radical (unpaired) electrons. The minimum atomic E-state index is 0.504. The van der Waals surface area contributed by atoms with Crippen molar-refractivity contribution in [1.82, 2.24) is 4.98 Å². The molecule has 0 saturated carbocycles. The molecule has 0 aliphatic carbocycles. The van der Waals surface area contributed by atoms with Gasteiger partial charge in [-0.1, -0.05) is 30.3 Å². The maximum absolute atomic E-state index is 5.33. The fraction of sp³-hybridized carbons (Fsp3) is 0.154. The molecule has 0 spiro atoms. The van der Waals surface area contributed by atoms with Crippen molar-refractivity contribution >= 4 is 0 Å². The number of hydrogen-bond acceptors (Lipinski definition) is 3. The Morgan fingerprint density at radius 2 is 1.69 bits per heavy atom. The van der Waals surface area contributed by atoms with E-state index in [0.717, 1.165) is 11.1 Å². The Hall–Kier alpha value is -2.03. The van der Waals surface area contributed by atoms with E-state index in [9.17, 15) is 0 Å². The van der Waals surface area contributed by atoms with Gasteiger partial charge in [0.25, 0.3) is 5.88 Å². The Labute approximate surface area is 94.7 Å². The Bertz CT molecular complexity index is 469. The van der Waals surface area contributed by atoms with Crippen LogP contribution in [0.25, 0.3) is 11.1 Å². The molecule has 2 aromatic rings. The van der Waals surface area contributed by atoms with Gasteiger partial charge in [0.1, 0.15) is 0 Å². The second-order valence-corrected chi connectivity index (χ2v) is 3.27. The van der Waals surface area contributed by atoms with Crippen LogP contribution in [0.15, 0.2) is 42.6 Å². The zero-order valence-electron chi connectivity index (χ0n) is 9.31. The molecule has 1 aromatic heterocycles. The van der Waals surface area contributed by atoms with Crippen LogP contribution >= 0.6 is 0 Å². The van der Waals surface area contributed by atoms with Crippen molar-refractivity contribution in [2.45, 2.75) is 0 Å². The van der Waals surface area contributed by atoms with Crippen LogP contribution in [-0.4, -0.2) is 19.2 Å². The number of nitrogens with zero attached hydrogens (tertiary/aromatic N) is 1. The summed E-state index contributed by atoms with van der Waals surface area (Å²) in [7, 11) is 3.20. The first-order chi connectivity index (χ1) is 7.86. The van der Waals surface area contributed by atoms with Crippen molar-refractivity contribution in [2.24, 2.45) is 0 Å². The quantitative estimate of drug-likeness (QED) is 0.788. The molecule has 0 aliphatic heterocycles. The van der Waals surface area contributed by atoms with E-state index in [1.807, 2.05) is 36.4 Å². The standard InChI is InChI=1S/C13H13NO2/c1-15-12-11(8-9-14-13(12)16-2)10-6-4-3-5-7-10/h3-9H,1-2H3. The van der Waals surface area contributed by atoms with Crippen LogP contribution in [0.5, 0.6) is 11.6 Å². The van der Waals surface area contributed by atoms with Gasteiger partial charge >= 0.3 is 0 Å². The van der Waals surface area contributed by atoms with Gasteiger partial charge in [-0.15, -0.1) is 0 Å². The predicted molar refractivity (Wildman–Crippen MR) is 62.8 cm³/mol. The van der Waals surface area contributed by atoms with E-state index < -0.39 is 0 Å². The SMILES string of the molecule is COc1nccc(-c2ccccc2)c1OC. The molecule has 2 rings (SSSR count). The molecule has 82 valence electrons. The first-order valence-corrected chi connectivity index (χ1v) is 4.99. The number of hydrogen-bond donors (Lipinski definition) is 0. The maximum atomic E-state index is 5.33. The summed E-state index contributed by atoms with van der Waals surface area (Å²) in [5.41, 5.74) is 2.06. The normalized spacial score (nSPS) is 9.88. The minimum Gasteiger partial charge on any atom is -0.491 e. The third-order valence-corrected chi connectivity index (χ3v) is 2.35. The van der Waals surface area contributed by atoms with Crippen molar-refractivity contribution in [3.05, 3.63) is 42.6 Å². The van der Waals surface area contributed by atoms with Crippen molar-refractivity contribution < 1.29 is 9.47 Å². The first-order valence-electron chi connectivity index (χ1n) is 4.99. The van der Waals surface area contributed by atoms with Gasteiger partial charge in [-0.25, -0.2) is 4.98 Å². The molecule has 0 aliphatic rings. The van der Waals surface area contributed by atoms with Crippen molar-refractivity contribution in [1.29, 1.82) is 0 Å². The summed E-state index contributed by atoms with van der Waals surface area (Å²) in [5, 5.41) is 0. The fourth-order valence-corrected chi connectivity index (χ4v) is 1.62. The number of benzene rings is 1. The summed E-state index contributed by atoms with van der Waals surface area (Å²) in [4.78, 5) is 4.11. The third-order valence-electron chi connectivity index (χ3n) is 2.35. The van der Waals surface area contributed by atoms with Crippen molar-refractivity contribution in [2.75, 3.05) is 14.2 Å². The van der Waals surface area contributed by atoms with Crippen molar-refractivity contribution in [3.63, 3.8) is 0 Å². The highest BCUT2D eigenvalue weighted by molar-refractivity contribution is 5.72. The lowest BCUT2D eigenvalue weighted by Gasteiger charge is -2.11. The molecule has 0 saturated heterocycles.